The summed E-state index contributed by atoms with van der Waals surface area (Å²) in [5, 5.41) is 10.6. The van der Waals surface area contributed by atoms with E-state index in [1.165, 1.54) is 42.8 Å². The topological polar surface area (TPSA) is 124 Å². The van der Waals surface area contributed by atoms with Crippen molar-refractivity contribution in [1.82, 2.24) is 14.5 Å². The number of ether oxygens (including phenoxy) is 2. The molecule has 33 heavy (non-hydrogen) atoms. The number of hydrogen-bond acceptors (Lipinski definition) is 8. The second kappa shape index (κ2) is 11.3. The zero-order valence-electron chi connectivity index (χ0n) is 18.0. The van der Waals surface area contributed by atoms with Crippen molar-refractivity contribution in [2.24, 2.45) is 0 Å². The van der Waals surface area contributed by atoms with Gasteiger partial charge >= 0.3 is 6.01 Å². The standard InChI is InChI=1S/C21H23ClN4O6S/c1-30-13-11-26(12-14-31-2)33(28,29)16-9-7-15(8-10-16)19(27)23-21-25-24-20(32-21)17-5-3-4-6-18(17)22/h3-10H,11-14H2,1-2H3,(H,23,25,27). The number of methoxy groups -OCH3 is 2. The Kier molecular flexibility index (Phi) is 8.53. The monoisotopic (exact) mass is 494 g/mol. The van der Waals surface area contributed by atoms with Crippen molar-refractivity contribution < 1.29 is 27.1 Å². The molecule has 0 atom stereocenters. The van der Waals surface area contributed by atoms with Crippen LogP contribution >= 0.6 is 11.6 Å². The number of carbonyl (C=O) groups excluding carboxylic acids is 1. The minimum absolute atomic E-state index is 0.0463. The Morgan fingerprint density at radius 3 is 2.27 bits per heavy atom. The van der Waals surface area contributed by atoms with Gasteiger partial charge < -0.3 is 13.9 Å². The molecule has 0 saturated carbocycles. The van der Waals surface area contributed by atoms with Gasteiger partial charge in [0.2, 0.25) is 10.0 Å². The molecule has 1 amide bonds. The van der Waals surface area contributed by atoms with Gasteiger partial charge in [0, 0.05) is 32.9 Å². The fraction of sp³-hybridized carbons (Fsp3) is 0.286. The molecule has 0 aliphatic heterocycles. The fourth-order valence-electron chi connectivity index (χ4n) is 2.85. The lowest BCUT2D eigenvalue weighted by molar-refractivity contribution is 0.102. The number of aromatic nitrogens is 2. The molecule has 0 bridgehead atoms. The molecule has 0 aliphatic carbocycles. The summed E-state index contributed by atoms with van der Waals surface area (Å²) in [6.45, 7) is 0.832. The zero-order chi connectivity index (χ0) is 23.8. The number of carbonyl (C=O) groups is 1. The fourth-order valence-corrected chi connectivity index (χ4v) is 4.48. The van der Waals surface area contributed by atoms with Gasteiger partial charge in [0.1, 0.15) is 0 Å². The Bertz CT molecular complexity index is 1180. The highest BCUT2D eigenvalue weighted by atomic mass is 35.5. The predicted octanol–water partition coefficient (Wildman–Crippen LogP) is 2.93. The Morgan fingerprint density at radius 1 is 1.03 bits per heavy atom. The van der Waals surface area contributed by atoms with Crippen molar-refractivity contribution in [1.29, 1.82) is 0 Å². The second-order valence-electron chi connectivity index (χ2n) is 6.76. The van der Waals surface area contributed by atoms with Crippen molar-refractivity contribution in [2.45, 2.75) is 4.90 Å². The number of hydrogen-bond donors (Lipinski definition) is 1. The molecule has 1 aromatic heterocycles. The Labute approximate surface area is 196 Å². The number of halogens is 1. The quantitative estimate of drug-likeness (QED) is 0.431. The molecule has 0 aliphatic rings. The van der Waals surface area contributed by atoms with E-state index in [1.807, 2.05) is 0 Å². The highest BCUT2D eigenvalue weighted by molar-refractivity contribution is 7.89. The summed E-state index contributed by atoms with van der Waals surface area (Å²) >= 11 is 6.12. The van der Waals surface area contributed by atoms with Gasteiger partial charge in [-0.25, -0.2) is 8.42 Å². The van der Waals surface area contributed by atoms with Crippen LogP contribution in [0, 0.1) is 0 Å². The van der Waals surface area contributed by atoms with E-state index < -0.39 is 15.9 Å². The molecule has 1 N–H and O–H groups in total. The molecule has 3 rings (SSSR count). The van der Waals surface area contributed by atoms with Crippen molar-refractivity contribution in [3.63, 3.8) is 0 Å². The van der Waals surface area contributed by atoms with Crippen LogP contribution < -0.4 is 5.32 Å². The number of nitrogens with zero attached hydrogens (tertiary/aromatic N) is 3. The maximum Gasteiger partial charge on any atom is 0.322 e. The highest BCUT2D eigenvalue weighted by Crippen LogP contribution is 2.27. The maximum absolute atomic E-state index is 13.0. The first-order valence-electron chi connectivity index (χ1n) is 9.84. The summed E-state index contributed by atoms with van der Waals surface area (Å²) in [4.78, 5) is 12.6. The zero-order valence-corrected chi connectivity index (χ0v) is 19.6. The van der Waals surface area contributed by atoms with Crippen LogP contribution in [-0.2, 0) is 19.5 Å². The smallest absolute Gasteiger partial charge is 0.322 e. The van der Waals surface area contributed by atoms with Gasteiger partial charge in [-0.05, 0) is 36.4 Å². The van der Waals surface area contributed by atoms with E-state index in [2.05, 4.69) is 15.5 Å². The summed E-state index contributed by atoms with van der Waals surface area (Å²) in [6, 6.07) is 12.3. The molecule has 0 spiro atoms. The van der Waals surface area contributed by atoms with Crippen molar-refractivity contribution in [2.75, 3.05) is 45.8 Å². The normalized spacial score (nSPS) is 11.6. The van der Waals surface area contributed by atoms with E-state index in [9.17, 15) is 13.2 Å². The van der Waals surface area contributed by atoms with Gasteiger partial charge in [-0.15, -0.1) is 5.10 Å². The summed E-state index contributed by atoms with van der Waals surface area (Å²) in [7, 11) is -0.799. The number of anilines is 1. The Hall–Kier alpha value is -2.83. The van der Waals surface area contributed by atoms with Crippen LogP contribution in [0.2, 0.25) is 5.02 Å². The second-order valence-corrected chi connectivity index (χ2v) is 9.11. The van der Waals surface area contributed by atoms with Crippen LogP contribution in [0.5, 0.6) is 0 Å². The van der Waals surface area contributed by atoms with Crippen LogP contribution in [0.1, 0.15) is 10.4 Å². The third-order valence-corrected chi connectivity index (χ3v) is 6.84. The molecule has 0 unspecified atom stereocenters. The summed E-state index contributed by atoms with van der Waals surface area (Å²) < 4.78 is 42.6. The van der Waals surface area contributed by atoms with Gasteiger partial charge in [0.05, 0.1) is 28.7 Å². The lowest BCUT2D eigenvalue weighted by atomic mass is 10.2. The number of benzene rings is 2. The predicted molar refractivity (Wildman–Crippen MR) is 122 cm³/mol. The lowest BCUT2D eigenvalue weighted by Crippen LogP contribution is -2.36. The van der Waals surface area contributed by atoms with E-state index in [-0.39, 0.29) is 48.7 Å². The van der Waals surface area contributed by atoms with Gasteiger partial charge in [0.15, 0.2) is 0 Å². The number of sulfonamides is 1. The first kappa shape index (κ1) is 24.8. The first-order chi connectivity index (χ1) is 15.9. The minimum Gasteiger partial charge on any atom is -0.403 e. The molecular weight excluding hydrogens is 472 g/mol. The third-order valence-electron chi connectivity index (χ3n) is 4.59. The number of nitrogens with one attached hydrogen (secondary N) is 1. The minimum atomic E-state index is -3.79. The van der Waals surface area contributed by atoms with Gasteiger partial charge in [-0.3, -0.25) is 10.1 Å². The average molecular weight is 495 g/mol. The largest absolute Gasteiger partial charge is 0.403 e. The molecule has 2 aromatic carbocycles. The van der Waals surface area contributed by atoms with Crippen LogP contribution in [-0.4, -0.2) is 69.4 Å². The Balaban J connectivity index is 1.71. The molecule has 10 nitrogen and oxygen atoms in total. The Morgan fingerprint density at radius 2 is 1.67 bits per heavy atom. The van der Waals surface area contributed by atoms with Crippen LogP contribution in [0.15, 0.2) is 57.8 Å². The van der Waals surface area contributed by atoms with E-state index in [0.717, 1.165) is 0 Å². The molecule has 1 heterocycles. The number of rotatable bonds is 11. The average Bonchev–Trinajstić information content (AvgIpc) is 3.27. The lowest BCUT2D eigenvalue weighted by Gasteiger charge is -2.21. The molecule has 0 radical (unpaired) electrons. The van der Waals surface area contributed by atoms with E-state index in [0.29, 0.717) is 10.6 Å². The first-order valence-corrected chi connectivity index (χ1v) is 11.7. The van der Waals surface area contributed by atoms with E-state index in [4.69, 9.17) is 25.5 Å². The van der Waals surface area contributed by atoms with Crippen molar-refractivity contribution in [3.05, 3.63) is 59.1 Å². The van der Waals surface area contributed by atoms with Crippen molar-refractivity contribution in [3.8, 4) is 11.5 Å². The van der Waals surface area contributed by atoms with Crippen LogP contribution in [0.3, 0.4) is 0 Å². The van der Waals surface area contributed by atoms with Crippen molar-refractivity contribution >= 4 is 33.5 Å². The van der Waals surface area contributed by atoms with Gasteiger partial charge in [-0.2, -0.15) is 4.31 Å². The van der Waals surface area contributed by atoms with Gasteiger partial charge in [0.25, 0.3) is 11.8 Å². The third kappa shape index (κ3) is 6.15. The molecule has 0 fully saturated rings. The van der Waals surface area contributed by atoms with Gasteiger partial charge in [-0.1, -0.05) is 28.8 Å². The molecule has 12 heteroatoms. The molecular formula is C21H23ClN4O6S. The maximum atomic E-state index is 13.0. The van der Waals surface area contributed by atoms with Crippen LogP contribution in [0.25, 0.3) is 11.5 Å². The molecule has 176 valence electrons. The van der Waals surface area contributed by atoms with Crippen LogP contribution in [0.4, 0.5) is 6.01 Å². The van der Waals surface area contributed by atoms with E-state index in [1.54, 1.807) is 24.3 Å². The highest BCUT2D eigenvalue weighted by Gasteiger charge is 2.24. The molecule has 0 saturated heterocycles. The summed E-state index contributed by atoms with van der Waals surface area (Å²) in [6.07, 6.45) is 0. The summed E-state index contributed by atoms with van der Waals surface area (Å²) in [5.41, 5.74) is 0.750. The van der Waals surface area contributed by atoms with E-state index >= 15 is 0 Å². The number of amides is 1. The SMILES string of the molecule is COCCN(CCOC)S(=O)(=O)c1ccc(C(=O)Nc2nnc(-c3ccccc3Cl)o2)cc1. The summed E-state index contributed by atoms with van der Waals surface area (Å²) in [5.74, 6) is -0.381. The molecule has 3 aromatic rings.